The highest BCUT2D eigenvalue weighted by atomic mass is 32.2. The fourth-order valence-electron chi connectivity index (χ4n) is 6.28. The first kappa shape index (κ1) is 32.6. The predicted molar refractivity (Wildman–Crippen MR) is 170 cm³/mol. The van der Waals surface area contributed by atoms with Gasteiger partial charge >= 0.3 is 0 Å². The number of hydrogen-bond donors (Lipinski definition) is 2. The van der Waals surface area contributed by atoms with Crippen LogP contribution in [0.15, 0.2) is 58.3 Å². The summed E-state index contributed by atoms with van der Waals surface area (Å²) < 4.78 is 55.0. The van der Waals surface area contributed by atoms with Crippen LogP contribution in [-0.2, 0) is 29.6 Å². The van der Waals surface area contributed by atoms with Crippen molar-refractivity contribution in [2.45, 2.75) is 75.0 Å². The summed E-state index contributed by atoms with van der Waals surface area (Å²) in [5.74, 6) is 0.318. The molecule has 12 heteroatoms. The van der Waals surface area contributed by atoms with Gasteiger partial charge in [-0.25, -0.2) is 16.8 Å². The van der Waals surface area contributed by atoms with Crippen molar-refractivity contribution in [1.82, 2.24) is 8.61 Å². The van der Waals surface area contributed by atoms with Gasteiger partial charge in [0.25, 0.3) is 0 Å². The van der Waals surface area contributed by atoms with Crippen LogP contribution in [0.3, 0.4) is 0 Å². The Balaban J connectivity index is 1.08. The Morgan fingerprint density at radius 3 is 1.14 bits per heavy atom. The van der Waals surface area contributed by atoms with Gasteiger partial charge in [0.05, 0.1) is 9.79 Å². The summed E-state index contributed by atoms with van der Waals surface area (Å²) in [5, 5.41) is 5.80. The highest BCUT2D eigenvalue weighted by Crippen LogP contribution is 2.32. The lowest BCUT2D eigenvalue weighted by molar-refractivity contribution is -0.125. The Kier molecular flexibility index (Phi) is 10.1. The third-order valence-corrected chi connectivity index (χ3v) is 13.3. The molecule has 2 aromatic rings. The molecule has 1 aliphatic carbocycles. The highest BCUT2D eigenvalue weighted by molar-refractivity contribution is 7.89. The first-order valence-corrected chi connectivity index (χ1v) is 18.6. The molecule has 10 nitrogen and oxygen atoms in total. The Hall–Kier alpha value is -2.80. The number of nitrogens with zero attached hydrogens (tertiary/aromatic N) is 2. The summed E-state index contributed by atoms with van der Waals surface area (Å²) in [6.45, 7) is 6.37. The van der Waals surface area contributed by atoms with Crippen molar-refractivity contribution in [1.29, 1.82) is 0 Å². The van der Waals surface area contributed by atoms with Gasteiger partial charge in [-0.3, -0.25) is 9.59 Å². The van der Waals surface area contributed by atoms with Crippen LogP contribution in [0.5, 0.6) is 0 Å². The van der Waals surface area contributed by atoms with Crippen LogP contribution in [0.4, 0.5) is 11.4 Å². The first-order valence-electron chi connectivity index (χ1n) is 15.8. The molecule has 3 fully saturated rings. The maximum absolute atomic E-state index is 13.0. The summed E-state index contributed by atoms with van der Waals surface area (Å²) in [6, 6.07) is 12.7. The molecule has 240 valence electrons. The van der Waals surface area contributed by atoms with Crippen molar-refractivity contribution >= 4 is 43.2 Å². The monoisotopic (exact) mass is 644 g/mol. The summed E-state index contributed by atoms with van der Waals surface area (Å²) in [4.78, 5) is 26.3. The molecule has 2 amide bonds. The molecular formula is C32H44N4O6S2. The zero-order valence-electron chi connectivity index (χ0n) is 25.6. The molecule has 2 heterocycles. The second-order valence-electron chi connectivity index (χ2n) is 12.7. The van der Waals surface area contributed by atoms with E-state index in [0.29, 0.717) is 75.1 Å². The van der Waals surface area contributed by atoms with Gasteiger partial charge in [0.15, 0.2) is 0 Å². The first-order chi connectivity index (χ1) is 20.9. The van der Waals surface area contributed by atoms with Gasteiger partial charge < -0.3 is 10.6 Å². The van der Waals surface area contributed by atoms with Crippen LogP contribution in [0, 0.1) is 23.7 Å². The minimum absolute atomic E-state index is 0.135. The molecule has 0 radical (unpaired) electrons. The molecule has 1 saturated carbocycles. The topological polar surface area (TPSA) is 133 Å². The minimum Gasteiger partial charge on any atom is -0.326 e. The summed E-state index contributed by atoms with van der Waals surface area (Å²) in [7, 11) is -7.10. The van der Waals surface area contributed by atoms with E-state index in [1.165, 1.54) is 8.61 Å². The van der Waals surface area contributed by atoms with Gasteiger partial charge in [0, 0.05) is 49.4 Å². The van der Waals surface area contributed by atoms with Crippen LogP contribution < -0.4 is 10.6 Å². The fourth-order valence-corrected chi connectivity index (χ4v) is 9.21. The van der Waals surface area contributed by atoms with Gasteiger partial charge in [-0.1, -0.05) is 13.8 Å². The van der Waals surface area contributed by atoms with Crippen LogP contribution in [0.25, 0.3) is 0 Å². The van der Waals surface area contributed by atoms with Crippen molar-refractivity contribution in [3.05, 3.63) is 48.5 Å². The highest BCUT2D eigenvalue weighted by Gasteiger charge is 2.32. The standard InChI is InChI=1S/C32H44N4O6S2/c1-23-15-19-35(20-16-23)43(39,40)29-11-7-27(8-12-29)33-31(37)25-3-5-26(6-4-25)32(38)34-28-9-13-30(14-10-28)44(41,42)36-21-17-24(2)18-22-36/h7-14,23-26H,3-6,15-22H2,1-2H3,(H,33,37)(H,34,38). The van der Waals surface area contributed by atoms with Crippen molar-refractivity contribution in [3.8, 4) is 0 Å². The van der Waals surface area contributed by atoms with E-state index in [-0.39, 0.29) is 33.4 Å². The fraction of sp³-hybridized carbons (Fsp3) is 0.562. The van der Waals surface area contributed by atoms with Crippen molar-refractivity contribution in [2.75, 3.05) is 36.8 Å². The normalized spacial score (nSPS) is 23.2. The molecule has 0 spiro atoms. The van der Waals surface area contributed by atoms with E-state index >= 15 is 0 Å². The number of anilines is 2. The molecule has 5 rings (SSSR count). The van der Waals surface area contributed by atoms with Crippen LogP contribution in [0.2, 0.25) is 0 Å². The number of hydrogen-bond acceptors (Lipinski definition) is 6. The average molecular weight is 645 g/mol. The van der Waals surface area contributed by atoms with E-state index in [1.807, 2.05) is 0 Å². The zero-order valence-corrected chi connectivity index (χ0v) is 27.2. The molecule has 0 bridgehead atoms. The quantitative estimate of drug-likeness (QED) is 0.420. The summed E-state index contributed by atoms with van der Waals surface area (Å²) >= 11 is 0. The molecular weight excluding hydrogens is 601 g/mol. The van der Waals surface area contributed by atoms with Crippen molar-refractivity contribution in [2.24, 2.45) is 23.7 Å². The van der Waals surface area contributed by atoms with Crippen LogP contribution >= 0.6 is 0 Å². The number of rotatable bonds is 8. The number of sulfonamides is 2. The Labute approximate surface area is 261 Å². The molecule has 2 aromatic carbocycles. The maximum Gasteiger partial charge on any atom is 0.243 e. The number of benzene rings is 2. The van der Waals surface area contributed by atoms with Crippen LogP contribution in [0.1, 0.15) is 65.2 Å². The molecule has 0 unspecified atom stereocenters. The predicted octanol–water partition coefficient (Wildman–Crippen LogP) is 4.91. The zero-order chi connectivity index (χ0) is 31.5. The van der Waals surface area contributed by atoms with Crippen LogP contribution in [-0.4, -0.2) is 63.4 Å². The molecule has 3 aliphatic rings. The molecule has 2 N–H and O–H groups in total. The maximum atomic E-state index is 13.0. The number of piperidine rings is 2. The Bertz CT molecular complexity index is 1400. The number of carbonyl (C=O) groups is 2. The lowest BCUT2D eigenvalue weighted by atomic mass is 9.81. The van der Waals surface area contributed by atoms with Gasteiger partial charge in [0.2, 0.25) is 31.9 Å². The van der Waals surface area contributed by atoms with Gasteiger partial charge in [-0.05, 0) is 112 Å². The number of nitrogens with one attached hydrogen (secondary N) is 2. The van der Waals surface area contributed by atoms with Crippen molar-refractivity contribution < 1.29 is 26.4 Å². The number of carbonyl (C=O) groups excluding carboxylic acids is 2. The van der Waals surface area contributed by atoms with E-state index in [2.05, 4.69) is 24.5 Å². The average Bonchev–Trinajstić information content (AvgIpc) is 3.02. The Morgan fingerprint density at radius 2 is 0.841 bits per heavy atom. The lowest BCUT2D eigenvalue weighted by Crippen LogP contribution is -2.37. The summed E-state index contributed by atoms with van der Waals surface area (Å²) in [5.41, 5.74) is 1.09. The second-order valence-corrected chi connectivity index (χ2v) is 16.6. The molecule has 44 heavy (non-hydrogen) atoms. The molecule has 0 atom stereocenters. The lowest BCUT2D eigenvalue weighted by Gasteiger charge is -2.29. The smallest absolute Gasteiger partial charge is 0.243 e. The van der Waals surface area contributed by atoms with E-state index in [9.17, 15) is 26.4 Å². The van der Waals surface area contributed by atoms with Gasteiger partial charge in [-0.15, -0.1) is 0 Å². The van der Waals surface area contributed by atoms with E-state index in [0.717, 1.165) is 25.7 Å². The molecule has 2 saturated heterocycles. The minimum atomic E-state index is -3.55. The van der Waals surface area contributed by atoms with E-state index in [4.69, 9.17) is 0 Å². The largest absolute Gasteiger partial charge is 0.326 e. The SMILES string of the molecule is CC1CCN(S(=O)(=O)c2ccc(NC(=O)C3CCC(C(=O)Nc4ccc(S(=O)(=O)N5CCC(C)CC5)cc4)CC3)cc2)CC1. The third kappa shape index (κ3) is 7.52. The van der Waals surface area contributed by atoms with Crippen molar-refractivity contribution in [3.63, 3.8) is 0 Å². The Morgan fingerprint density at radius 1 is 0.545 bits per heavy atom. The third-order valence-electron chi connectivity index (χ3n) is 9.47. The van der Waals surface area contributed by atoms with E-state index < -0.39 is 20.0 Å². The van der Waals surface area contributed by atoms with E-state index in [1.54, 1.807) is 48.5 Å². The second kappa shape index (κ2) is 13.7. The number of amides is 2. The molecule has 2 aliphatic heterocycles. The van der Waals surface area contributed by atoms with Gasteiger partial charge in [0.1, 0.15) is 0 Å². The van der Waals surface area contributed by atoms with Gasteiger partial charge in [-0.2, -0.15) is 8.61 Å². The summed E-state index contributed by atoms with van der Waals surface area (Å²) in [6.07, 6.45) is 5.69. The molecule has 0 aromatic heterocycles.